The Balaban J connectivity index is 4.51. The van der Waals surface area contributed by atoms with Gasteiger partial charge in [0.15, 0.2) is 0 Å². The lowest BCUT2D eigenvalue weighted by Gasteiger charge is -2.35. The summed E-state index contributed by atoms with van der Waals surface area (Å²) in [5.41, 5.74) is -13.6. The van der Waals surface area contributed by atoms with E-state index in [1.54, 1.807) is 0 Å². The lowest BCUT2D eigenvalue weighted by Crippen LogP contribution is -2.53. The summed E-state index contributed by atoms with van der Waals surface area (Å²) in [6.45, 7) is 0.633. The number of alkyl halides is 21. The van der Waals surface area contributed by atoms with Gasteiger partial charge in [-0.1, -0.05) is 13.3 Å². The van der Waals surface area contributed by atoms with Crippen LogP contribution < -0.4 is 0 Å². The van der Waals surface area contributed by atoms with Crippen molar-refractivity contribution in [3.05, 3.63) is 34.4 Å². The third-order valence-corrected chi connectivity index (χ3v) is 5.04. The van der Waals surface area contributed by atoms with Gasteiger partial charge in [0.05, 0.1) is 0 Å². The summed E-state index contributed by atoms with van der Waals surface area (Å²) < 4.78 is 281. The highest BCUT2D eigenvalue weighted by Crippen LogP contribution is 2.59. The van der Waals surface area contributed by atoms with E-state index in [2.05, 4.69) is 0 Å². The lowest BCUT2D eigenvalue weighted by molar-refractivity contribution is -0.362. The third-order valence-electron chi connectivity index (χ3n) is 5.04. The minimum absolute atomic E-state index is 0.633. The summed E-state index contributed by atoms with van der Waals surface area (Å²) in [5, 5.41) is 0. The molecule has 0 nitrogen and oxygen atoms in total. The first-order chi connectivity index (χ1) is 16.8. The Hall–Kier alpha value is -2.25. The highest BCUT2D eigenvalue weighted by molar-refractivity contribution is 5.48. The predicted molar refractivity (Wildman–Crippen MR) is 85.1 cm³/mol. The van der Waals surface area contributed by atoms with Crippen molar-refractivity contribution in [2.45, 2.75) is 73.8 Å². The van der Waals surface area contributed by atoms with Crippen LogP contribution in [0.2, 0.25) is 0 Å². The van der Waals surface area contributed by atoms with Gasteiger partial charge in [0.2, 0.25) is 0 Å². The van der Waals surface area contributed by atoms with Gasteiger partial charge in [0, 0.05) is 16.7 Å². The average Bonchev–Trinajstić information content (AvgIpc) is 2.70. The van der Waals surface area contributed by atoms with Crippen LogP contribution in [0.3, 0.4) is 0 Å². The smallest absolute Gasteiger partial charge is 0.194 e. The van der Waals surface area contributed by atoms with E-state index in [1.165, 1.54) is 0 Å². The van der Waals surface area contributed by atoms with E-state index < -0.39 is 101 Å². The quantitative estimate of drug-likeness (QED) is 0.253. The first-order valence-electron chi connectivity index (χ1n) is 9.43. The fourth-order valence-corrected chi connectivity index (χ4v) is 2.99. The average molecular weight is 624 g/mol. The molecule has 0 aliphatic rings. The molecule has 39 heavy (non-hydrogen) atoms. The van der Waals surface area contributed by atoms with Crippen molar-refractivity contribution in [3.8, 4) is 0 Å². The van der Waals surface area contributed by atoms with Gasteiger partial charge in [0.25, 0.3) is 0 Å². The first kappa shape index (κ1) is 34.8. The van der Waals surface area contributed by atoms with Crippen molar-refractivity contribution in [1.82, 2.24) is 0 Å². The van der Waals surface area contributed by atoms with Gasteiger partial charge in [0.1, 0.15) is 0 Å². The van der Waals surface area contributed by atoms with Crippen LogP contribution in [0.4, 0.5) is 92.2 Å². The standard InChI is InChI=1S/C18H9F21/c1-2-3-7-8(11(21,22)14(27,28)17(34,35)36)4-6(10(19,20)13(25,26)16(31,32)33)5-9(7)12(23,24)15(29,30)18(37,38)39/h4-5H,2-3H2,1H3. The highest BCUT2D eigenvalue weighted by atomic mass is 19.4. The van der Waals surface area contributed by atoms with Crippen LogP contribution in [0.5, 0.6) is 0 Å². The van der Waals surface area contributed by atoms with Crippen molar-refractivity contribution in [2.75, 3.05) is 0 Å². The third kappa shape index (κ3) is 5.17. The Labute approximate surface area is 201 Å². The van der Waals surface area contributed by atoms with Gasteiger partial charge in [-0.25, -0.2) is 0 Å². The fourth-order valence-electron chi connectivity index (χ4n) is 2.99. The molecule has 228 valence electrons. The molecule has 0 aromatic heterocycles. The monoisotopic (exact) mass is 624 g/mol. The molecule has 0 saturated heterocycles. The number of hydrogen-bond donors (Lipinski definition) is 0. The minimum atomic E-state index is -7.55. The Kier molecular flexibility index (Phi) is 8.39. The molecule has 1 aromatic rings. The molecule has 0 N–H and O–H groups in total. The second kappa shape index (κ2) is 9.41. The molecule has 0 unspecified atom stereocenters. The van der Waals surface area contributed by atoms with Gasteiger partial charge >= 0.3 is 54.1 Å². The molecule has 0 aliphatic heterocycles. The Morgan fingerprint density at radius 2 is 0.692 bits per heavy atom. The lowest BCUT2D eigenvalue weighted by atomic mass is 9.83. The molecule has 0 spiro atoms. The molecule has 0 heterocycles. The van der Waals surface area contributed by atoms with Crippen LogP contribution in [0.1, 0.15) is 35.6 Å². The summed E-state index contributed by atoms with van der Waals surface area (Å²) in [6, 6.07) is -3.31. The number of benzene rings is 1. The van der Waals surface area contributed by atoms with Crippen LogP contribution in [-0.4, -0.2) is 36.3 Å². The Morgan fingerprint density at radius 3 is 0.923 bits per heavy atom. The summed E-state index contributed by atoms with van der Waals surface area (Å²) >= 11 is 0. The molecule has 0 amide bonds. The maximum Gasteiger partial charge on any atom is 0.460 e. The van der Waals surface area contributed by atoms with Gasteiger partial charge in [-0.05, 0) is 24.1 Å². The molecule has 1 rings (SSSR count). The molecule has 0 bridgehead atoms. The van der Waals surface area contributed by atoms with Crippen LogP contribution in [-0.2, 0) is 24.2 Å². The molecule has 0 saturated carbocycles. The Morgan fingerprint density at radius 1 is 0.436 bits per heavy atom. The minimum Gasteiger partial charge on any atom is -0.194 e. The van der Waals surface area contributed by atoms with Crippen LogP contribution in [0, 0.1) is 0 Å². The van der Waals surface area contributed by atoms with Crippen molar-refractivity contribution in [2.24, 2.45) is 0 Å². The second-order valence-electron chi connectivity index (χ2n) is 7.74. The van der Waals surface area contributed by atoms with Crippen molar-refractivity contribution in [1.29, 1.82) is 0 Å². The van der Waals surface area contributed by atoms with Gasteiger partial charge in [-0.15, -0.1) is 0 Å². The molecule has 0 atom stereocenters. The van der Waals surface area contributed by atoms with Gasteiger partial charge < -0.3 is 0 Å². The van der Waals surface area contributed by atoms with E-state index in [0.29, 0.717) is 6.92 Å². The van der Waals surface area contributed by atoms with E-state index in [9.17, 15) is 92.2 Å². The van der Waals surface area contributed by atoms with E-state index >= 15 is 0 Å². The maximum atomic E-state index is 14.4. The summed E-state index contributed by atoms with van der Waals surface area (Å²) in [4.78, 5) is 0. The summed E-state index contributed by atoms with van der Waals surface area (Å²) in [5.74, 6) is -44.2. The molecule has 1 aromatic carbocycles. The molecule has 0 fully saturated rings. The molecular weight excluding hydrogens is 615 g/mol. The second-order valence-corrected chi connectivity index (χ2v) is 7.74. The van der Waals surface area contributed by atoms with E-state index in [1.807, 2.05) is 0 Å². The number of hydrogen-bond acceptors (Lipinski definition) is 0. The van der Waals surface area contributed by atoms with E-state index in [4.69, 9.17) is 0 Å². The van der Waals surface area contributed by atoms with Crippen LogP contribution in [0.25, 0.3) is 0 Å². The molecule has 0 radical (unpaired) electrons. The topological polar surface area (TPSA) is 0 Å². The zero-order valence-electron chi connectivity index (χ0n) is 18.0. The van der Waals surface area contributed by atoms with Crippen LogP contribution >= 0.6 is 0 Å². The molecule has 0 aliphatic carbocycles. The van der Waals surface area contributed by atoms with Gasteiger partial charge in [-0.3, -0.25) is 0 Å². The molecule has 21 heteroatoms. The summed E-state index contributed by atoms with van der Waals surface area (Å²) in [6.07, 6.45) is -25.3. The van der Waals surface area contributed by atoms with E-state index in [-0.39, 0.29) is 0 Å². The van der Waals surface area contributed by atoms with Crippen molar-refractivity contribution in [3.63, 3.8) is 0 Å². The Bertz CT molecular complexity index is 977. The maximum absolute atomic E-state index is 14.4. The number of rotatable bonds is 8. The SMILES string of the molecule is CCCc1c(C(F)(F)C(F)(F)C(F)(F)F)cc(C(F)(F)C(F)(F)C(F)(F)F)cc1C(F)(F)C(F)(F)C(F)(F)F. The number of halogens is 21. The predicted octanol–water partition coefficient (Wildman–Crippen LogP) is 9.51. The largest absolute Gasteiger partial charge is 0.460 e. The van der Waals surface area contributed by atoms with Crippen LogP contribution in [0.15, 0.2) is 12.1 Å². The molecular formula is C18H9F21. The normalized spacial score (nSPS) is 15.6. The summed E-state index contributed by atoms with van der Waals surface area (Å²) in [7, 11) is 0. The first-order valence-corrected chi connectivity index (χ1v) is 9.43. The van der Waals surface area contributed by atoms with Crippen molar-refractivity contribution >= 4 is 0 Å². The van der Waals surface area contributed by atoms with E-state index in [0.717, 1.165) is 0 Å². The highest BCUT2D eigenvalue weighted by Gasteiger charge is 2.78. The van der Waals surface area contributed by atoms with Crippen molar-refractivity contribution < 1.29 is 92.2 Å². The zero-order chi connectivity index (χ0) is 31.6. The zero-order valence-corrected chi connectivity index (χ0v) is 18.0. The van der Waals surface area contributed by atoms with Gasteiger partial charge in [-0.2, -0.15) is 92.2 Å². The fraction of sp³-hybridized carbons (Fsp3) is 0.667.